The number of rotatable bonds is 3. The van der Waals surface area contributed by atoms with Crippen molar-refractivity contribution < 1.29 is 9.59 Å². The van der Waals surface area contributed by atoms with Crippen LogP contribution >= 0.6 is 11.3 Å². The zero-order valence-electron chi connectivity index (χ0n) is 11.3. The molecule has 1 aliphatic heterocycles. The topological polar surface area (TPSA) is 84.2 Å². The molecule has 0 atom stereocenters. The lowest BCUT2D eigenvalue weighted by Crippen LogP contribution is -2.20. The number of carbonyl (C=O) groups is 2. The fourth-order valence-electron chi connectivity index (χ4n) is 2.49. The Labute approximate surface area is 126 Å². The zero-order valence-corrected chi connectivity index (χ0v) is 12.1. The van der Waals surface area contributed by atoms with Gasteiger partial charge in [-0.15, -0.1) is 11.3 Å². The Morgan fingerprint density at radius 2 is 2.10 bits per heavy atom. The predicted octanol–water partition coefficient (Wildman–Crippen LogP) is 2.46. The molecule has 2 aromatic rings. The average molecular weight is 301 g/mol. The number of thiophene rings is 1. The number of nitrogens with one attached hydrogen (secondary N) is 2. The molecule has 1 aromatic carbocycles. The molecular formula is C15H15N3O2S. The number of primary amides is 1. The lowest BCUT2D eigenvalue weighted by molar-refractivity contribution is 0.100. The summed E-state index contributed by atoms with van der Waals surface area (Å²) in [5, 5.41) is 8.31. The first-order chi connectivity index (χ1) is 10.2. The van der Waals surface area contributed by atoms with Crippen molar-refractivity contribution in [3.63, 3.8) is 0 Å². The average Bonchev–Trinajstić information content (AvgIpc) is 2.95. The van der Waals surface area contributed by atoms with E-state index in [1.54, 1.807) is 17.5 Å². The maximum Gasteiger partial charge on any atom is 0.256 e. The van der Waals surface area contributed by atoms with Gasteiger partial charge >= 0.3 is 0 Å². The third-order valence-electron chi connectivity index (χ3n) is 3.50. The molecule has 0 fully saturated rings. The van der Waals surface area contributed by atoms with Gasteiger partial charge < -0.3 is 16.4 Å². The van der Waals surface area contributed by atoms with Crippen LogP contribution in [0.3, 0.4) is 0 Å². The summed E-state index contributed by atoms with van der Waals surface area (Å²) in [4.78, 5) is 23.8. The van der Waals surface area contributed by atoms with Crippen LogP contribution in [0.4, 0.5) is 10.7 Å². The van der Waals surface area contributed by atoms with Crippen molar-refractivity contribution in [2.75, 3.05) is 17.2 Å². The number of fused-ring (bicyclic) bond motifs is 1. The second kappa shape index (κ2) is 5.57. The monoisotopic (exact) mass is 301 g/mol. The molecule has 108 valence electrons. The van der Waals surface area contributed by atoms with Gasteiger partial charge in [-0.3, -0.25) is 9.59 Å². The lowest BCUT2D eigenvalue weighted by Gasteiger charge is -2.20. The molecule has 0 bridgehead atoms. The van der Waals surface area contributed by atoms with Crippen LogP contribution in [0.15, 0.2) is 29.6 Å². The molecule has 4 N–H and O–H groups in total. The quantitative estimate of drug-likeness (QED) is 0.814. The normalized spacial score (nSPS) is 13.1. The highest BCUT2D eigenvalue weighted by Gasteiger charge is 2.19. The summed E-state index contributed by atoms with van der Waals surface area (Å²) in [5.41, 5.74) is 8.31. The smallest absolute Gasteiger partial charge is 0.256 e. The first-order valence-electron chi connectivity index (χ1n) is 6.71. The highest BCUT2D eigenvalue weighted by Crippen LogP contribution is 2.28. The number of hydrogen-bond donors (Lipinski definition) is 3. The van der Waals surface area contributed by atoms with Crippen LogP contribution in [-0.2, 0) is 6.42 Å². The Morgan fingerprint density at radius 1 is 1.24 bits per heavy atom. The van der Waals surface area contributed by atoms with Crippen LogP contribution in [-0.4, -0.2) is 18.4 Å². The fraction of sp³-hybridized carbons (Fsp3) is 0.200. The van der Waals surface area contributed by atoms with Crippen LogP contribution in [0.1, 0.15) is 32.7 Å². The van der Waals surface area contributed by atoms with Crippen molar-refractivity contribution in [2.45, 2.75) is 12.8 Å². The number of nitrogens with two attached hydrogens (primary N) is 1. The molecule has 0 saturated heterocycles. The molecule has 0 saturated carbocycles. The summed E-state index contributed by atoms with van der Waals surface area (Å²) in [6, 6.07) is 7.25. The van der Waals surface area contributed by atoms with Gasteiger partial charge in [0.2, 0.25) is 0 Å². The standard InChI is InChI=1S/C15H15N3O2S/c16-13(19)11-6-8-21-15(11)18-14(20)10-3-1-5-12-9(10)4-2-7-17-12/h1,3,5-6,8,17H,2,4,7H2,(H2,16,19)(H,18,20). The van der Waals surface area contributed by atoms with Crippen molar-refractivity contribution in [3.8, 4) is 0 Å². The minimum absolute atomic E-state index is 0.208. The van der Waals surface area contributed by atoms with Crippen LogP contribution < -0.4 is 16.4 Å². The van der Waals surface area contributed by atoms with E-state index >= 15 is 0 Å². The Kier molecular flexibility index (Phi) is 3.62. The Morgan fingerprint density at radius 3 is 2.90 bits per heavy atom. The second-order valence-corrected chi connectivity index (χ2v) is 5.76. The van der Waals surface area contributed by atoms with Crippen molar-refractivity contribution in [1.29, 1.82) is 0 Å². The number of hydrogen-bond acceptors (Lipinski definition) is 4. The summed E-state index contributed by atoms with van der Waals surface area (Å²) in [7, 11) is 0. The van der Waals surface area contributed by atoms with Crippen molar-refractivity contribution in [2.24, 2.45) is 5.73 Å². The van der Waals surface area contributed by atoms with E-state index < -0.39 is 5.91 Å². The SMILES string of the molecule is NC(=O)c1ccsc1NC(=O)c1cccc2c1CCCN2. The molecule has 1 aromatic heterocycles. The van der Waals surface area contributed by atoms with Gasteiger partial charge in [-0.25, -0.2) is 0 Å². The number of benzene rings is 1. The fourth-order valence-corrected chi connectivity index (χ4v) is 3.28. The molecule has 2 amide bonds. The van der Waals surface area contributed by atoms with Gasteiger partial charge in [0.1, 0.15) is 5.00 Å². The van der Waals surface area contributed by atoms with E-state index in [4.69, 9.17) is 5.73 Å². The third kappa shape index (κ3) is 2.62. The van der Waals surface area contributed by atoms with Crippen molar-refractivity contribution >= 4 is 33.8 Å². The summed E-state index contributed by atoms with van der Waals surface area (Å²) >= 11 is 1.29. The minimum atomic E-state index is -0.539. The summed E-state index contributed by atoms with van der Waals surface area (Å²) in [6.07, 6.45) is 1.88. The summed E-state index contributed by atoms with van der Waals surface area (Å²) < 4.78 is 0. The molecule has 3 rings (SSSR count). The zero-order chi connectivity index (χ0) is 14.8. The van der Waals surface area contributed by atoms with Crippen molar-refractivity contribution in [1.82, 2.24) is 0 Å². The third-order valence-corrected chi connectivity index (χ3v) is 4.33. The summed E-state index contributed by atoms with van der Waals surface area (Å²) in [5.74, 6) is -0.746. The Bertz CT molecular complexity index is 709. The van der Waals surface area contributed by atoms with Crippen LogP contribution in [0.2, 0.25) is 0 Å². The van der Waals surface area contributed by atoms with Gasteiger partial charge in [0, 0.05) is 17.8 Å². The van der Waals surface area contributed by atoms with Gasteiger partial charge in [-0.1, -0.05) is 6.07 Å². The lowest BCUT2D eigenvalue weighted by atomic mass is 9.97. The molecule has 1 aliphatic rings. The molecule has 0 aliphatic carbocycles. The van der Waals surface area contributed by atoms with E-state index in [-0.39, 0.29) is 5.91 Å². The second-order valence-electron chi connectivity index (χ2n) is 4.84. The number of anilines is 2. The maximum atomic E-state index is 12.5. The van der Waals surface area contributed by atoms with E-state index in [1.807, 2.05) is 12.1 Å². The predicted molar refractivity (Wildman–Crippen MR) is 84.0 cm³/mol. The Balaban J connectivity index is 1.89. The first-order valence-corrected chi connectivity index (χ1v) is 7.59. The largest absolute Gasteiger partial charge is 0.385 e. The van der Waals surface area contributed by atoms with Gasteiger partial charge in [-0.05, 0) is 42.0 Å². The van der Waals surface area contributed by atoms with Crippen molar-refractivity contribution in [3.05, 3.63) is 46.3 Å². The minimum Gasteiger partial charge on any atom is -0.385 e. The molecule has 0 radical (unpaired) electrons. The summed E-state index contributed by atoms with van der Waals surface area (Å²) in [6.45, 7) is 0.925. The molecular weight excluding hydrogens is 286 g/mol. The highest BCUT2D eigenvalue weighted by atomic mass is 32.1. The molecule has 0 unspecified atom stereocenters. The van der Waals surface area contributed by atoms with Gasteiger partial charge in [0.25, 0.3) is 11.8 Å². The molecule has 5 nitrogen and oxygen atoms in total. The van der Waals surface area contributed by atoms with Crippen LogP contribution in [0, 0.1) is 0 Å². The highest BCUT2D eigenvalue weighted by molar-refractivity contribution is 7.14. The molecule has 21 heavy (non-hydrogen) atoms. The molecule has 0 spiro atoms. The van der Waals surface area contributed by atoms with E-state index in [0.717, 1.165) is 30.6 Å². The van der Waals surface area contributed by atoms with Crippen LogP contribution in [0.25, 0.3) is 0 Å². The first kappa shape index (κ1) is 13.6. The van der Waals surface area contributed by atoms with Gasteiger partial charge in [0.15, 0.2) is 0 Å². The number of amides is 2. The van der Waals surface area contributed by atoms with Crippen LogP contribution in [0.5, 0.6) is 0 Å². The molecule has 6 heteroatoms. The van der Waals surface area contributed by atoms with E-state index in [0.29, 0.717) is 16.1 Å². The van der Waals surface area contributed by atoms with E-state index in [2.05, 4.69) is 10.6 Å². The maximum absolute atomic E-state index is 12.5. The van der Waals surface area contributed by atoms with E-state index in [9.17, 15) is 9.59 Å². The van der Waals surface area contributed by atoms with E-state index in [1.165, 1.54) is 11.3 Å². The Hall–Kier alpha value is -2.34. The molecule has 2 heterocycles. The number of carbonyl (C=O) groups excluding carboxylic acids is 2. The van der Waals surface area contributed by atoms with Gasteiger partial charge in [-0.2, -0.15) is 0 Å². The van der Waals surface area contributed by atoms with Gasteiger partial charge in [0.05, 0.1) is 5.56 Å².